The van der Waals surface area contributed by atoms with Crippen molar-refractivity contribution in [3.05, 3.63) is 83.1 Å². The summed E-state index contributed by atoms with van der Waals surface area (Å²) in [4.78, 5) is 41.1. The number of carboxylic acid groups (broad SMARTS) is 1. The molecule has 1 aliphatic rings. The first-order chi connectivity index (χ1) is 23.8. The van der Waals surface area contributed by atoms with Gasteiger partial charge in [-0.2, -0.15) is 0 Å². The van der Waals surface area contributed by atoms with Crippen LogP contribution in [0.5, 0.6) is 0 Å². The van der Waals surface area contributed by atoms with Gasteiger partial charge < -0.3 is 26.0 Å². The Morgan fingerprint density at radius 1 is 0.960 bits per heavy atom. The van der Waals surface area contributed by atoms with Crippen molar-refractivity contribution in [1.82, 2.24) is 30.1 Å². The van der Waals surface area contributed by atoms with E-state index in [0.717, 1.165) is 27.8 Å². The molecule has 1 aliphatic carbocycles. The first kappa shape index (κ1) is 36.5. The van der Waals surface area contributed by atoms with Crippen LogP contribution in [0.1, 0.15) is 36.8 Å². The number of halogens is 1. The molecule has 4 aromatic rings. The molecule has 5 rings (SSSR count). The van der Waals surface area contributed by atoms with Gasteiger partial charge in [-0.15, -0.1) is 10.2 Å². The van der Waals surface area contributed by atoms with E-state index < -0.39 is 28.1 Å². The van der Waals surface area contributed by atoms with E-state index in [1.807, 2.05) is 31.2 Å². The van der Waals surface area contributed by atoms with Gasteiger partial charge in [0.15, 0.2) is 5.82 Å². The Labute approximate surface area is 295 Å². The van der Waals surface area contributed by atoms with E-state index in [-0.39, 0.29) is 34.3 Å². The van der Waals surface area contributed by atoms with Crippen LogP contribution < -0.4 is 16.0 Å². The smallest absolute Gasteiger partial charge is 0.404 e. The first-order valence-electron chi connectivity index (χ1n) is 16.2. The number of aromatic amines is 1. The number of H-pyrrole nitrogens is 1. The molecule has 50 heavy (non-hydrogen) atoms. The van der Waals surface area contributed by atoms with Crippen LogP contribution in [0.3, 0.4) is 0 Å². The third kappa shape index (κ3) is 9.05. The molecule has 13 nitrogen and oxygen atoms in total. The van der Waals surface area contributed by atoms with Gasteiger partial charge in [-0.1, -0.05) is 30.3 Å². The molecule has 0 radical (unpaired) electrons. The number of amides is 3. The number of sulfonamides is 1. The topological polar surface area (TPSA) is 186 Å². The molecule has 0 aliphatic heterocycles. The Morgan fingerprint density at radius 2 is 1.62 bits per heavy atom. The highest BCUT2D eigenvalue weighted by Gasteiger charge is 2.30. The van der Waals surface area contributed by atoms with Crippen LogP contribution in [-0.2, 0) is 26.0 Å². The second-order valence-electron chi connectivity index (χ2n) is 12.7. The van der Waals surface area contributed by atoms with Gasteiger partial charge in [0, 0.05) is 44.2 Å². The van der Waals surface area contributed by atoms with Crippen LogP contribution in [0.25, 0.3) is 22.5 Å². The van der Waals surface area contributed by atoms with Crippen molar-refractivity contribution in [3.8, 4) is 22.5 Å². The Hall–Kier alpha value is -4.79. The lowest BCUT2D eigenvalue weighted by Gasteiger charge is -2.29. The maximum Gasteiger partial charge on any atom is 0.404 e. The van der Waals surface area contributed by atoms with Gasteiger partial charge in [-0.25, -0.2) is 17.5 Å². The molecule has 3 amide bonds. The van der Waals surface area contributed by atoms with E-state index in [9.17, 15) is 22.8 Å². The number of aromatic nitrogens is 3. The predicted octanol–water partition coefficient (Wildman–Crippen LogP) is 5.09. The molecule has 1 heterocycles. The van der Waals surface area contributed by atoms with Crippen molar-refractivity contribution < 1.29 is 27.9 Å². The van der Waals surface area contributed by atoms with E-state index in [4.69, 9.17) is 16.7 Å². The van der Waals surface area contributed by atoms with E-state index in [1.165, 1.54) is 18.4 Å². The van der Waals surface area contributed by atoms with Crippen molar-refractivity contribution >= 4 is 45.2 Å². The van der Waals surface area contributed by atoms with Crippen LogP contribution in [0, 0.1) is 18.8 Å². The molecule has 3 aromatic carbocycles. The Bertz CT molecular complexity index is 1940. The van der Waals surface area contributed by atoms with E-state index in [1.54, 1.807) is 42.5 Å². The maximum atomic E-state index is 13.7. The van der Waals surface area contributed by atoms with Crippen LogP contribution >= 0.6 is 11.6 Å². The minimum Gasteiger partial charge on any atom is -0.465 e. The molecule has 264 valence electrons. The molecule has 0 spiro atoms. The zero-order chi connectivity index (χ0) is 36.0. The number of aryl methyl sites for hydroxylation is 1. The lowest BCUT2D eigenvalue weighted by atomic mass is 9.81. The van der Waals surface area contributed by atoms with Gasteiger partial charge in [0.05, 0.1) is 4.90 Å². The molecule has 0 saturated heterocycles. The monoisotopic (exact) mass is 721 g/mol. The van der Waals surface area contributed by atoms with Crippen molar-refractivity contribution in [1.29, 1.82) is 0 Å². The van der Waals surface area contributed by atoms with Crippen LogP contribution in [-0.4, -0.2) is 77.6 Å². The number of rotatable bonds is 12. The predicted molar refractivity (Wildman–Crippen MR) is 190 cm³/mol. The third-order valence-corrected chi connectivity index (χ3v) is 11.0. The van der Waals surface area contributed by atoms with Crippen molar-refractivity contribution in [2.24, 2.45) is 11.8 Å². The fourth-order valence-electron chi connectivity index (χ4n) is 6.01. The van der Waals surface area contributed by atoms with Gasteiger partial charge >= 0.3 is 6.09 Å². The van der Waals surface area contributed by atoms with Crippen molar-refractivity contribution in [2.75, 3.05) is 26.0 Å². The molecule has 1 fully saturated rings. The Kier molecular flexibility index (Phi) is 11.6. The zero-order valence-corrected chi connectivity index (χ0v) is 29.5. The SMILES string of the molecule is Cc1ccc(S(=O)(=O)N(C)C)cc1-c1ccc(C[C@H](NC(=O)[C@H]2CC[C@H](CNC(=O)O)CC2)C(=O)Nc2ccc(-c3nnc(Cl)[nH]3)cc2)cc1. The third-order valence-electron chi connectivity index (χ3n) is 8.97. The molecule has 15 heteroatoms. The van der Waals surface area contributed by atoms with Crippen LogP contribution in [0.15, 0.2) is 71.6 Å². The van der Waals surface area contributed by atoms with Crippen LogP contribution in [0.4, 0.5) is 10.5 Å². The number of carbonyl (C=O) groups is 3. The number of hydrogen-bond donors (Lipinski definition) is 5. The standard InChI is InChI=1S/C35H40ClN7O6S/c1-21-4-17-28(50(48,49)43(2)3)19-29(21)24-9-5-22(6-10-24)18-30(39-32(44)26-11-7-23(8-12-26)20-37-35(46)47)33(45)38-27-15-13-25(14-16-27)31-40-34(36)42-41-31/h4-6,9-10,13-17,19,23,26,30,37H,7-8,11-12,18,20H2,1-3H3,(H,38,45)(H,39,44)(H,46,47)(H,40,41,42)/t23-,26-,30-/m0/s1. The number of hydrogen-bond acceptors (Lipinski definition) is 7. The lowest BCUT2D eigenvalue weighted by Crippen LogP contribution is -2.48. The van der Waals surface area contributed by atoms with E-state index >= 15 is 0 Å². The molecule has 1 aromatic heterocycles. The molecule has 1 atom stereocenters. The largest absolute Gasteiger partial charge is 0.465 e. The maximum absolute atomic E-state index is 13.7. The molecule has 1 saturated carbocycles. The van der Waals surface area contributed by atoms with Crippen LogP contribution in [0.2, 0.25) is 5.28 Å². The summed E-state index contributed by atoms with van der Waals surface area (Å²) in [5.41, 5.74) is 4.53. The van der Waals surface area contributed by atoms with Gasteiger partial charge in [0.2, 0.25) is 27.1 Å². The normalized spacial score (nSPS) is 16.8. The molecule has 0 unspecified atom stereocenters. The zero-order valence-electron chi connectivity index (χ0n) is 27.9. The fraction of sp³-hybridized carbons (Fsp3) is 0.343. The summed E-state index contributed by atoms with van der Waals surface area (Å²) in [6.45, 7) is 2.26. The average Bonchev–Trinajstić information content (AvgIpc) is 3.54. The quantitative estimate of drug-likeness (QED) is 0.134. The molecular formula is C35H40ClN7O6S. The summed E-state index contributed by atoms with van der Waals surface area (Å²) in [5, 5.41) is 25.1. The molecular weight excluding hydrogens is 682 g/mol. The summed E-state index contributed by atoms with van der Waals surface area (Å²) >= 11 is 5.85. The highest BCUT2D eigenvalue weighted by atomic mass is 35.5. The summed E-state index contributed by atoms with van der Waals surface area (Å²) in [7, 11) is -0.640. The number of anilines is 1. The van der Waals surface area contributed by atoms with Crippen molar-refractivity contribution in [3.63, 3.8) is 0 Å². The number of nitrogens with one attached hydrogen (secondary N) is 4. The minimum atomic E-state index is -3.62. The van der Waals surface area contributed by atoms with Gasteiger partial charge in [0.25, 0.3) is 0 Å². The van der Waals surface area contributed by atoms with E-state index in [2.05, 4.69) is 31.1 Å². The lowest BCUT2D eigenvalue weighted by molar-refractivity contribution is -0.130. The molecule has 5 N–H and O–H groups in total. The summed E-state index contributed by atoms with van der Waals surface area (Å²) in [5.74, 6) is -0.268. The number of nitrogens with zero attached hydrogens (tertiary/aromatic N) is 3. The number of carbonyl (C=O) groups excluding carboxylic acids is 2. The van der Waals surface area contributed by atoms with Gasteiger partial charge in [-0.3, -0.25) is 9.59 Å². The number of benzene rings is 3. The fourth-order valence-corrected chi connectivity index (χ4v) is 7.07. The van der Waals surface area contributed by atoms with Crippen molar-refractivity contribution in [2.45, 2.75) is 50.0 Å². The Morgan fingerprint density at radius 3 is 2.22 bits per heavy atom. The summed E-state index contributed by atoms with van der Waals surface area (Å²) in [6.07, 6.45) is 1.74. The summed E-state index contributed by atoms with van der Waals surface area (Å²) in [6, 6.07) is 18.6. The average molecular weight is 722 g/mol. The minimum absolute atomic E-state index is 0.162. The molecule has 0 bridgehead atoms. The second kappa shape index (κ2) is 15.8. The van der Waals surface area contributed by atoms with Gasteiger partial charge in [0.1, 0.15) is 6.04 Å². The highest BCUT2D eigenvalue weighted by Crippen LogP contribution is 2.30. The Balaban J connectivity index is 1.32. The summed E-state index contributed by atoms with van der Waals surface area (Å²) < 4.78 is 26.7. The highest BCUT2D eigenvalue weighted by molar-refractivity contribution is 7.89. The van der Waals surface area contributed by atoms with E-state index in [0.29, 0.717) is 43.7 Å². The second-order valence-corrected chi connectivity index (χ2v) is 15.2. The first-order valence-corrected chi connectivity index (χ1v) is 18.0. The van der Waals surface area contributed by atoms with Gasteiger partial charge in [-0.05, 0) is 109 Å².